The zero-order chi connectivity index (χ0) is 27.4. The average molecular weight is 483 g/mol. The number of methoxy groups -OCH3 is 1. The van der Waals surface area contributed by atoms with Gasteiger partial charge in [-0.15, -0.1) is 10.2 Å². The summed E-state index contributed by atoms with van der Waals surface area (Å²) in [5.41, 5.74) is 0.913. The molecular weight excluding hydrogens is 450 g/mol. The number of urea groups is 1. The van der Waals surface area contributed by atoms with Gasteiger partial charge in [0.1, 0.15) is 6.33 Å². The quantitative estimate of drug-likeness (QED) is 0.476. The van der Waals surface area contributed by atoms with Crippen molar-refractivity contribution in [3.8, 4) is 17.1 Å². The van der Waals surface area contributed by atoms with Crippen LogP contribution in [0.3, 0.4) is 0 Å². The lowest BCUT2D eigenvalue weighted by atomic mass is 10.1. The van der Waals surface area contributed by atoms with Gasteiger partial charge in [-0.25, -0.2) is 9.78 Å². The molecular formula is C23H29N9O3. The number of hydrogen-bond donors (Lipinski definition) is 2. The van der Waals surface area contributed by atoms with Crippen molar-refractivity contribution in [3.05, 3.63) is 36.3 Å². The van der Waals surface area contributed by atoms with E-state index in [1.165, 1.54) is 18.1 Å². The van der Waals surface area contributed by atoms with Crippen LogP contribution in [0.2, 0.25) is 0 Å². The van der Waals surface area contributed by atoms with E-state index in [4.69, 9.17) is 8.85 Å². The van der Waals surface area contributed by atoms with Gasteiger partial charge in [0.05, 0.1) is 24.0 Å². The third-order valence-electron chi connectivity index (χ3n) is 5.59. The molecule has 2 N–H and O–H groups in total. The number of amides is 3. The molecule has 1 aliphatic rings. The normalized spacial score (nSPS) is 14.9. The number of aromatic nitrogens is 5. The van der Waals surface area contributed by atoms with Crippen molar-refractivity contribution in [2.24, 2.45) is 7.05 Å². The molecule has 0 atom stereocenters. The topological polar surface area (TPSA) is 130 Å². The molecule has 0 bridgehead atoms. The van der Waals surface area contributed by atoms with E-state index in [1.807, 2.05) is 5.32 Å². The standard InChI is InChI=1S/C23H29N9O3/c1-5-6-10-31-11-12-32(23(31)34)18-13-17(19(28-27-18)22(33)24-2)26-16-9-7-8-15(20(16)35-4)21-25-14-30(3)29-21/h7-9,13-14H,5-6,10-12H2,1-4H3,(H,24,33)(H,26,27)/i2D3. The molecule has 35 heavy (non-hydrogen) atoms. The monoisotopic (exact) mass is 482 g/mol. The molecule has 0 radical (unpaired) electrons. The molecule has 3 heterocycles. The van der Waals surface area contributed by atoms with E-state index in [2.05, 4.69) is 32.5 Å². The molecule has 0 spiro atoms. The van der Waals surface area contributed by atoms with Crippen LogP contribution in [0, 0.1) is 0 Å². The molecule has 2 aromatic heterocycles. The molecule has 4 rings (SSSR count). The first kappa shape index (κ1) is 20.2. The number of carbonyl (C=O) groups is 2. The number of carbonyl (C=O) groups excluding carboxylic acids is 2. The van der Waals surface area contributed by atoms with Gasteiger partial charge in [-0.1, -0.05) is 19.4 Å². The van der Waals surface area contributed by atoms with Gasteiger partial charge in [-0.05, 0) is 18.6 Å². The van der Waals surface area contributed by atoms with Crippen molar-refractivity contribution >= 4 is 29.1 Å². The van der Waals surface area contributed by atoms with E-state index < -0.39 is 12.9 Å². The number of para-hydroxylation sites is 1. The van der Waals surface area contributed by atoms with E-state index in [1.54, 1.807) is 41.2 Å². The largest absolute Gasteiger partial charge is 0.494 e. The lowest BCUT2D eigenvalue weighted by Crippen LogP contribution is -2.33. The van der Waals surface area contributed by atoms with Gasteiger partial charge in [0, 0.05) is 43.8 Å². The Hall–Kier alpha value is -4.22. The van der Waals surface area contributed by atoms with Crippen LogP contribution < -0.4 is 20.3 Å². The van der Waals surface area contributed by atoms with Crippen molar-refractivity contribution in [1.82, 2.24) is 35.2 Å². The van der Waals surface area contributed by atoms with Crippen LogP contribution in [0.5, 0.6) is 5.75 Å². The fourth-order valence-corrected chi connectivity index (χ4v) is 3.83. The number of aryl methyl sites for hydroxylation is 1. The summed E-state index contributed by atoms with van der Waals surface area (Å²) in [6, 6.07) is 6.53. The van der Waals surface area contributed by atoms with Crippen molar-refractivity contribution in [3.63, 3.8) is 0 Å². The summed E-state index contributed by atoms with van der Waals surface area (Å²) in [6.07, 6.45) is 3.40. The minimum absolute atomic E-state index is 0.140. The first-order valence-electron chi connectivity index (χ1n) is 12.7. The number of hydrogen-bond acceptors (Lipinski definition) is 8. The Balaban J connectivity index is 1.73. The van der Waals surface area contributed by atoms with E-state index in [9.17, 15) is 9.59 Å². The Bertz CT molecular complexity index is 1330. The third-order valence-corrected chi connectivity index (χ3v) is 5.59. The summed E-state index contributed by atoms with van der Waals surface area (Å²) < 4.78 is 29.4. The van der Waals surface area contributed by atoms with Gasteiger partial charge < -0.3 is 20.3 Å². The Kier molecular flexibility index (Phi) is 5.98. The highest BCUT2D eigenvalue weighted by atomic mass is 16.5. The van der Waals surface area contributed by atoms with Crippen molar-refractivity contribution in [2.75, 3.05) is 43.9 Å². The second-order valence-electron chi connectivity index (χ2n) is 7.95. The smallest absolute Gasteiger partial charge is 0.325 e. The molecule has 0 saturated carbocycles. The van der Waals surface area contributed by atoms with Crippen LogP contribution >= 0.6 is 0 Å². The molecule has 184 valence electrons. The molecule has 1 aromatic carbocycles. The van der Waals surface area contributed by atoms with Gasteiger partial charge in [-0.2, -0.15) is 5.10 Å². The number of rotatable bonds is 9. The van der Waals surface area contributed by atoms with E-state index in [-0.39, 0.29) is 23.2 Å². The molecule has 12 nitrogen and oxygen atoms in total. The number of benzene rings is 1. The highest BCUT2D eigenvalue weighted by Crippen LogP contribution is 2.37. The molecule has 1 saturated heterocycles. The maximum atomic E-state index is 13.0. The van der Waals surface area contributed by atoms with Crippen molar-refractivity contribution in [2.45, 2.75) is 19.8 Å². The maximum Gasteiger partial charge on any atom is 0.325 e. The van der Waals surface area contributed by atoms with E-state index in [0.29, 0.717) is 42.5 Å². The Morgan fingerprint density at radius 1 is 1.26 bits per heavy atom. The van der Waals surface area contributed by atoms with Gasteiger partial charge in [0.15, 0.2) is 23.1 Å². The number of anilines is 3. The molecule has 0 aliphatic carbocycles. The highest BCUT2D eigenvalue weighted by Gasteiger charge is 2.31. The summed E-state index contributed by atoms with van der Waals surface area (Å²) in [4.78, 5) is 33.3. The van der Waals surface area contributed by atoms with Gasteiger partial charge in [0.25, 0.3) is 5.91 Å². The number of nitrogens with zero attached hydrogens (tertiary/aromatic N) is 7. The first-order valence-corrected chi connectivity index (χ1v) is 11.2. The predicted molar refractivity (Wildman–Crippen MR) is 131 cm³/mol. The van der Waals surface area contributed by atoms with Crippen LogP contribution in [-0.2, 0) is 7.05 Å². The molecule has 3 aromatic rings. The molecule has 1 aliphatic heterocycles. The lowest BCUT2D eigenvalue weighted by molar-refractivity contribution is 0.0958. The summed E-state index contributed by atoms with van der Waals surface area (Å²) in [6.45, 7) is 0.897. The summed E-state index contributed by atoms with van der Waals surface area (Å²) in [5.74, 6) is 0.0906. The summed E-state index contributed by atoms with van der Waals surface area (Å²) in [5, 5.41) is 17.5. The van der Waals surface area contributed by atoms with Crippen LogP contribution in [0.4, 0.5) is 22.0 Å². The summed E-state index contributed by atoms with van der Waals surface area (Å²) >= 11 is 0. The predicted octanol–water partition coefficient (Wildman–Crippen LogP) is 2.43. The molecule has 0 unspecified atom stereocenters. The average Bonchev–Trinajstić information content (AvgIpc) is 3.46. The second kappa shape index (κ2) is 10.4. The molecule has 12 heteroatoms. The van der Waals surface area contributed by atoms with Crippen LogP contribution in [0.25, 0.3) is 11.4 Å². The van der Waals surface area contributed by atoms with Crippen molar-refractivity contribution in [1.29, 1.82) is 0 Å². The maximum absolute atomic E-state index is 13.0. The van der Waals surface area contributed by atoms with Gasteiger partial charge >= 0.3 is 6.03 Å². The number of nitrogens with one attached hydrogen (secondary N) is 2. The third kappa shape index (κ3) is 4.86. The van der Waals surface area contributed by atoms with Crippen molar-refractivity contribution < 1.29 is 18.4 Å². The highest BCUT2D eigenvalue weighted by molar-refractivity contribution is 6.00. The first-order chi connectivity index (χ1) is 18.1. The summed E-state index contributed by atoms with van der Waals surface area (Å²) in [7, 11) is 3.23. The van der Waals surface area contributed by atoms with Gasteiger partial charge in [-0.3, -0.25) is 14.4 Å². The van der Waals surface area contributed by atoms with E-state index >= 15 is 0 Å². The molecule has 1 fully saturated rings. The Morgan fingerprint density at radius 2 is 2.11 bits per heavy atom. The van der Waals surface area contributed by atoms with E-state index in [0.717, 1.165) is 12.8 Å². The van der Waals surface area contributed by atoms with Crippen LogP contribution in [0.15, 0.2) is 30.6 Å². The van der Waals surface area contributed by atoms with Crippen LogP contribution in [-0.4, -0.2) is 75.5 Å². The Morgan fingerprint density at radius 3 is 2.83 bits per heavy atom. The lowest BCUT2D eigenvalue weighted by Gasteiger charge is -2.19. The number of unbranched alkanes of at least 4 members (excludes halogenated alkanes) is 1. The Labute approximate surface area is 207 Å². The minimum atomic E-state index is -2.73. The zero-order valence-corrected chi connectivity index (χ0v) is 19.8. The zero-order valence-electron chi connectivity index (χ0n) is 22.8. The van der Waals surface area contributed by atoms with Gasteiger partial charge in [0.2, 0.25) is 0 Å². The molecule has 3 amide bonds. The van der Waals surface area contributed by atoms with Crippen LogP contribution in [0.1, 0.15) is 34.4 Å². The number of ether oxygens (including phenoxy) is 1. The second-order valence-corrected chi connectivity index (χ2v) is 7.95. The minimum Gasteiger partial charge on any atom is -0.494 e. The fourth-order valence-electron chi connectivity index (χ4n) is 3.83. The fraction of sp³-hybridized carbons (Fsp3) is 0.391. The SMILES string of the molecule is [2H]C([2H])([2H])NC(=O)c1nnc(N2CCN(CCCC)C2=O)cc1Nc1cccc(-c2ncn(C)n2)c1OC.